The van der Waals surface area contributed by atoms with Crippen LogP contribution in [0.1, 0.15) is 11.3 Å². The maximum Gasteiger partial charge on any atom is 0.333 e. The first-order chi connectivity index (χ1) is 9.49. The van der Waals surface area contributed by atoms with Crippen molar-refractivity contribution in [1.29, 1.82) is 0 Å². The Kier molecular flexibility index (Phi) is 4.24. The lowest BCUT2D eigenvalue weighted by atomic mass is 10.1. The van der Waals surface area contributed by atoms with Crippen LogP contribution in [-0.2, 0) is 13.5 Å². The minimum absolute atomic E-state index is 0.0311. The molecule has 20 heavy (non-hydrogen) atoms. The van der Waals surface area contributed by atoms with Crippen molar-refractivity contribution in [3.8, 4) is 0 Å². The minimum Gasteiger partial charge on any atom is -0.364 e. The van der Waals surface area contributed by atoms with Crippen molar-refractivity contribution in [1.82, 2.24) is 9.78 Å². The van der Waals surface area contributed by atoms with Crippen molar-refractivity contribution in [3.05, 3.63) is 50.7 Å². The van der Waals surface area contributed by atoms with Crippen molar-refractivity contribution < 1.29 is 4.92 Å². The van der Waals surface area contributed by atoms with Crippen LogP contribution in [0, 0.1) is 17.0 Å². The molecule has 0 atom stereocenters. The SMILES string of the molecule is Cc1nn(C)c(NCCc2ccc(Cl)cc2)c1[N+](=O)[O-]. The van der Waals surface area contributed by atoms with E-state index in [9.17, 15) is 10.1 Å². The van der Waals surface area contributed by atoms with E-state index in [1.165, 1.54) is 4.68 Å². The van der Waals surface area contributed by atoms with Crippen molar-refractivity contribution in [2.45, 2.75) is 13.3 Å². The molecule has 7 heteroatoms. The van der Waals surface area contributed by atoms with Crippen LogP contribution >= 0.6 is 11.6 Å². The highest BCUT2D eigenvalue weighted by molar-refractivity contribution is 6.30. The molecule has 0 unspecified atom stereocenters. The molecule has 6 nitrogen and oxygen atoms in total. The smallest absolute Gasteiger partial charge is 0.333 e. The molecule has 0 spiro atoms. The fourth-order valence-corrected chi connectivity index (χ4v) is 2.17. The zero-order valence-corrected chi connectivity index (χ0v) is 12.0. The second-order valence-electron chi connectivity index (χ2n) is 4.47. The molecule has 1 N–H and O–H groups in total. The maximum atomic E-state index is 11.0. The van der Waals surface area contributed by atoms with Gasteiger partial charge in [0.2, 0.25) is 5.82 Å². The van der Waals surface area contributed by atoms with E-state index in [0.29, 0.717) is 23.1 Å². The number of nitrogens with one attached hydrogen (secondary N) is 1. The molecule has 2 aromatic rings. The van der Waals surface area contributed by atoms with E-state index < -0.39 is 4.92 Å². The molecule has 0 aliphatic rings. The van der Waals surface area contributed by atoms with Crippen LogP contribution in [0.3, 0.4) is 0 Å². The Morgan fingerprint density at radius 3 is 2.65 bits per heavy atom. The standard InChI is InChI=1S/C13H15ClN4O2/c1-9-12(18(19)20)13(17(2)16-9)15-8-7-10-3-5-11(14)6-4-10/h3-6,15H,7-8H2,1-2H3. The van der Waals surface area contributed by atoms with Crippen LogP contribution in [0.25, 0.3) is 0 Å². The first-order valence-electron chi connectivity index (χ1n) is 6.15. The summed E-state index contributed by atoms with van der Waals surface area (Å²) in [5.74, 6) is 0.432. The largest absolute Gasteiger partial charge is 0.364 e. The molecule has 0 aliphatic carbocycles. The summed E-state index contributed by atoms with van der Waals surface area (Å²) in [6.45, 7) is 2.21. The molecule has 0 aliphatic heterocycles. The summed E-state index contributed by atoms with van der Waals surface area (Å²) in [6, 6.07) is 7.53. The normalized spacial score (nSPS) is 10.6. The van der Waals surface area contributed by atoms with Gasteiger partial charge in [0.15, 0.2) is 0 Å². The molecule has 106 valence electrons. The number of nitrogens with zero attached hydrogens (tertiary/aromatic N) is 3. The first kappa shape index (κ1) is 14.3. The van der Waals surface area contributed by atoms with Crippen LogP contribution < -0.4 is 5.32 Å². The van der Waals surface area contributed by atoms with Gasteiger partial charge in [-0.25, -0.2) is 4.68 Å². The van der Waals surface area contributed by atoms with Gasteiger partial charge >= 0.3 is 5.69 Å². The second kappa shape index (κ2) is 5.92. The average Bonchev–Trinajstić information content (AvgIpc) is 2.66. The molecule has 0 amide bonds. The Hall–Kier alpha value is -2.08. The summed E-state index contributed by atoms with van der Waals surface area (Å²) in [5.41, 5.74) is 1.55. The second-order valence-corrected chi connectivity index (χ2v) is 4.90. The van der Waals surface area contributed by atoms with Gasteiger partial charge in [-0.2, -0.15) is 5.10 Å². The number of hydrogen-bond donors (Lipinski definition) is 1. The van der Waals surface area contributed by atoms with Gasteiger partial charge in [0.1, 0.15) is 5.69 Å². The molecule has 0 saturated heterocycles. The minimum atomic E-state index is -0.410. The van der Waals surface area contributed by atoms with Crippen molar-refractivity contribution in [3.63, 3.8) is 0 Å². The number of hydrogen-bond acceptors (Lipinski definition) is 4. The number of nitro groups is 1. The summed E-state index contributed by atoms with van der Waals surface area (Å²) < 4.78 is 1.50. The zero-order chi connectivity index (χ0) is 14.7. The summed E-state index contributed by atoms with van der Waals surface area (Å²) in [7, 11) is 1.69. The number of halogens is 1. The van der Waals surface area contributed by atoms with Crippen LogP contribution in [0.15, 0.2) is 24.3 Å². The van der Waals surface area contributed by atoms with Gasteiger partial charge in [0.05, 0.1) is 4.92 Å². The third kappa shape index (κ3) is 3.08. The molecule has 1 heterocycles. The van der Waals surface area contributed by atoms with E-state index in [1.54, 1.807) is 14.0 Å². The topological polar surface area (TPSA) is 73.0 Å². The Bertz CT molecular complexity index is 622. The molecule has 0 bridgehead atoms. The lowest BCUT2D eigenvalue weighted by Gasteiger charge is -2.06. The van der Waals surface area contributed by atoms with Gasteiger partial charge < -0.3 is 5.32 Å². The molecular formula is C13H15ClN4O2. The summed E-state index contributed by atoms with van der Waals surface area (Å²) in [4.78, 5) is 10.6. The fourth-order valence-electron chi connectivity index (χ4n) is 2.04. The highest BCUT2D eigenvalue weighted by Gasteiger charge is 2.23. The Balaban J connectivity index is 2.04. The number of aryl methyl sites for hydroxylation is 2. The van der Waals surface area contributed by atoms with E-state index in [1.807, 2.05) is 24.3 Å². The van der Waals surface area contributed by atoms with Crippen molar-refractivity contribution >= 4 is 23.1 Å². The number of aromatic nitrogens is 2. The highest BCUT2D eigenvalue weighted by Crippen LogP contribution is 2.27. The van der Waals surface area contributed by atoms with E-state index in [2.05, 4.69) is 10.4 Å². The fraction of sp³-hybridized carbons (Fsp3) is 0.308. The molecule has 0 saturated carbocycles. The predicted molar refractivity (Wildman–Crippen MR) is 78.2 cm³/mol. The Labute approximate surface area is 121 Å². The molecule has 0 radical (unpaired) electrons. The molecular weight excluding hydrogens is 280 g/mol. The van der Waals surface area contributed by atoms with Gasteiger partial charge in [0, 0.05) is 18.6 Å². The van der Waals surface area contributed by atoms with Gasteiger partial charge in [-0.3, -0.25) is 10.1 Å². The van der Waals surface area contributed by atoms with Crippen LogP contribution in [-0.4, -0.2) is 21.2 Å². The molecule has 1 aromatic carbocycles. The first-order valence-corrected chi connectivity index (χ1v) is 6.53. The third-order valence-corrected chi connectivity index (χ3v) is 3.24. The number of rotatable bonds is 5. The van der Waals surface area contributed by atoms with E-state index >= 15 is 0 Å². The number of benzene rings is 1. The van der Waals surface area contributed by atoms with Crippen molar-refractivity contribution in [2.24, 2.45) is 7.05 Å². The van der Waals surface area contributed by atoms with E-state index in [-0.39, 0.29) is 5.69 Å². The summed E-state index contributed by atoms with van der Waals surface area (Å²) >= 11 is 5.82. The molecule has 0 fully saturated rings. The molecule has 2 rings (SSSR count). The molecule has 1 aromatic heterocycles. The lowest BCUT2D eigenvalue weighted by molar-refractivity contribution is -0.384. The predicted octanol–water partition coefficient (Wildman–Crippen LogP) is 2.94. The lowest BCUT2D eigenvalue weighted by Crippen LogP contribution is -2.10. The quantitative estimate of drug-likeness (QED) is 0.680. The Morgan fingerprint density at radius 2 is 2.05 bits per heavy atom. The Morgan fingerprint density at radius 1 is 1.40 bits per heavy atom. The summed E-state index contributed by atoms with van der Waals surface area (Å²) in [5, 5.41) is 18.9. The highest BCUT2D eigenvalue weighted by atomic mass is 35.5. The van der Waals surface area contributed by atoms with E-state index in [4.69, 9.17) is 11.6 Å². The van der Waals surface area contributed by atoms with Gasteiger partial charge in [-0.05, 0) is 31.0 Å². The van der Waals surface area contributed by atoms with Crippen molar-refractivity contribution in [2.75, 3.05) is 11.9 Å². The monoisotopic (exact) mass is 294 g/mol. The van der Waals surface area contributed by atoms with Gasteiger partial charge in [-0.1, -0.05) is 23.7 Å². The van der Waals surface area contributed by atoms with E-state index in [0.717, 1.165) is 12.0 Å². The number of anilines is 1. The summed E-state index contributed by atoms with van der Waals surface area (Å²) in [6.07, 6.45) is 0.749. The zero-order valence-electron chi connectivity index (χ0n) is 11.3. The van der Waals surface area contributed by atoms with Crippen LogP contribution in [0.5, 0.6) is 0 Å². The maximum absolute atomic E-state index is 11.0. The van der Waals surface area contributed by atoms with Gasteiger partial charge in [0.25, 0.3) is 0 Å². The van der Waals surface area contributed by atoms with Crippen LogP contribution in [0.2, 0.25) is 5.02 Å². The van der Waals surface area contributed by atoms with Gasteiger partial charge in [-0.15, -0.1) is 0 Å². The van der Waals surface area contributed by atoms with Crippen LogP contribution in [0.4, 0.5) is 11.5 Å². The average molecular weight is 295 g/mol. The third-order valence-electron chi connectivity index (χ3n) is 2.99.